The number of piperazine rings is 1. The summed E-state index contributed by atoms with van der Waals surface area (Å²) in [6.07, 6.45) is 4.79. The van der Waals surface area contributed by atoms with E-state index in [2.05, 4.69) is 28.2 Å². The van der Waals surface area contributed by atoms with Crippen LogP contribution in [0, 0.1) is 0 Å². The lowest BCUT2D eigenvalue weighted by molar-refractivity contribution is -0.127. The van der Waals surface area contributed by atoms with Crippen LogP contribution in [0.4, 0.5) is 14.5 Å². The SMILES string of the molecule is C=CC(=O)N1CCN(C(=N/C=C\C)C(=C)Nc2ccc(OC(F)F)cc2)CC1. The number of benzene rings is 1. The van der Waals surface area contributed by atoms with Crippen LogP contribution in [-0.4, -0.2) is 54.3 Å². The lowest BCUT2D eigenvalue weighted by atomic mass is 10.2. The maximum Gasteiger partial charge on any atom is 0.387 e. The van der Waals surface area contributed by atoms with E-state index in [4.69, 9.17) is 0 Å². The van der Waals surface area contributed by atoms with E-state index in [1.165, 1.54) is 18.2 Å². The fraction of sp³-hybridized carbons (Fsp3) is 0.300. The van der Waals surface area contributed by atoms with Gasteiger partial charge >= 0.3 is 6.61 Å². The normalized spacial score (nSPS) is 15.1. The molecule has 0 unspecified atom stereocenters. The Kier molecular flexibility index (Phi) is 7.74. The lowest BCUT2D eigenvalue weighted by Crippen LogP contribution is -2.51. The zero-order valence-corrected chi connectivity index (χ0v) is 15.8. The number of hydrogen-bond acceptors (Lipinski definition) is 4. The van der Waals surface area contributed by atoms with Gasteiger partial charge in [-0.1, -0.05) is 19.2 Å². The zero-order valence-electron chi connectivity index (χ0n) is 15.8. The summed E-state index contributed by atoms with van der Waals surface area (Å²) in [6.45, 7) is 8.91. The second-order valence-corrected chi connectivity index (χ2v) is 5.96. The summed E-state index contributed by atoms with van der Waals surface area (Å²) in [7, 11) is 0. The highest BCUT2D eigenvalue weighted by atomic mass is 19.3. The number of carbonyl (C=O) groups excluding carboxylic acids is 1. The number of rotatable bonds is 7. The Hall–Kier alpha value is -3.16. The molecule has 1 fully saturated rings. The number of nitrogens with zero attached hydrogens (tertiary/aromatic N) is 3. The fourth-order valence-corrected chi connectivity index (χ4v) is 2.71. The number of allylic oxidation sites excluding steroid dienone is 1. The third-order valence-corrected chi connectivity index (χ3v) is 4.06. The topological polar surface area (TPSA) is 57.2 Å². The highest BCUT2D eigenvalue weighted by molar-refractivity contribution is 6.00. The quantitative estimate of drug-likeness (QED) is 0.440. The van der Waals surface area contributed by atoms with Crippen molar-refractivity contribution in [3.8, 4) is 5.75 Å². The molecule has 1 aromatic carbocycles. The largest absolute Gasteiger partial charge is 0.435 e. The van der Waals surface area contributed by atoms with Crippen molar-refractivity contribution in [3.05, 3.63) is 61.5 Å². The van der Waals surface area contributed by atoms with Crippen LogP contribution in [0.25, 0.3) is 0 Å². The summed E-state index contributed by atoms with van der Waals surface area (Å²) < 4.78 is 28.8. The van der Waals surface area contributed by atoms with Gasteiger partial charge in [0, 0.05) is 38.1 Å². The van der Waals surface area contributed by atoms with Crippen molar-refractivity contribution in [1.82, 2.24) is 9.80 Å². The Labute approximate surface area is 163 Å². The Morgan fingerprint density at radius 3 is 2.36 bits per heavy atom. The number of nitrogens with one attached hydrogen (secondary N) is 1. The molecule has 6 nitrogen and oxygen atoms in total. The van der Waals surface area contributed by atoms with Gasteiger partial charge in [-0.3, -0.25) is 4.79 Å². The first-order valence-corrected chi connectivity index (χ1v) is 8.81. The summed E-state index contributed by atoms with van der Waals surface area (Å²) in [5.74, 6) is 0.642. The molecule has 0 radical (unpaired) electrons. The first-order valence-electron chi connectivity index (χ1n) is 8.81. The first kappa shape index (κ1) is 21.1. The predicted octanol–water partition coefficient (Wildman–Crippen LogP) is 3.48. The van der Waals surface area contributed by atoms with Crippen molar-refractivity contribution < 1.29 is 18.3 Å². The fourth-order valence-electron chi connectivity index (χ4n) is 2.71. The van der Waals surface area contributed by atoms with E-state index in [1.807, 2.05) is 11.8 Å². The van der Waals surface area contributed by atoms with Crippen LogP contribution >= 0.6 is 0 Å². The molecule has 1 saturated heterocycles. The molecule has 150 valence electrons. The third-order valence-electron chi connectivity index (χ3n) is 4.06. The smallest absolute Gasteiger partial charge is 0.387 e. The number of alkyl halides is 2. The highest BCUT2D eigenvalue weighted by Gasteiger charge is 2.23. The van der Waals surface area contributed by atoms with Crippen molar-refractivity contribution >= 4 is 17.4 Å². The molecule has 2 rings (SSSR count). The van der Waals surface area contributed by atoms with Gasteiger partial charge in [-0.2, -0.15) is 8.78 Å². The zero-order chi connectivity index (χ0) is 20.5. The minimum Gasteiger partial charge on any atom is -0.435 e. The van der Waals surface area contributed by atoms with Gasteiger partial charge in [-0.25, -0.2) is 4.99 Å². The number of amidine groups is 1. The monoisotopic (exact) mass is 390 g/mol. The van der Waals surface area contributed by atoms with Gasteiger partial charge in [-0.05, 0) is 37.3 Å². The minimum absolute atomic E-state index is 0.0805. The summed E-state index contributed by atoms with van der Waals surface area (Å²) in [4.78, 5) is 20.0. The summed E-state index contributed by atoms with van der Waals surface area (Å²) >= 11 is 0. The molecule has 1 aliphatic heterocycles. The first-order chi connectivity index (χ1) is 13.4. The van der Waals surface area contributed by atoms with Gasteiger partial charge in [0.25, 0.3) is 0 Å². The molecule has 0 atom stereocenters. The standard InChI is InChI=1S/C20H24F2N4O2/c1-4-10-23-19(26-13-11-25(12-14-26)18(27)5-2)15(3)24-16-6-8-17(9-7-16)28-20(21)22/h4-10,20,24H,2-3,11-14H2,1H3/b10-4-,23-19?. The molecule has 0 aromatic heterocycles. The summed E-state index contributed by atoms with van der Waals surface area (Å²) in [6, 6.07) is 6.14. The number of hydrogen-bond donors (Lipinski definition) is 1. The van der Waals surface area contributed by atoms with Crippen LogP contribution in [0.1, 0.15) is 6.92 Å². The number of carbonyl (C=O) groups is 1. The Balaban J connectivity index is 2.06. The minimum atomic E-state index is -2.86. The maximum atomic E-state index is 12.3. The van der Waals surface area contributed by atoms with E-state index in [9.17, 15) is 13.6 Å². The molecular weight excluding hydrogens is 366 g/mol. The summed E-state index contributed by atoms with van der Waals surface area (Å²) in [5.41, 5.74) is 1.23. The van der Waals surface area contributed by atoms with Crippen LogP contribution in [0.5, 0.6) is 5.75 Å². The van der Waals surface area contributed by atoms with Gasteiger partial charge in [0.15, 0.2) is 5.84 Å². The number of anilines is 1. The molecule has 0 spiro atoms. The van der Waals surface area contributed by atoms with E-state index in [-0.39, 0.29) is 11.7 Å². The maximum absolute atomic E-state index is 12.3. The lowest BCUT2D eigenvalue weighted by Gasteiger charge is -2.36. The number of amides is 1. The molecule has 1 N–H and O–H groups in total. The van der Waals surface area contributed by atoms with Crippen molar-refractivity contribution in [2.45, 2.75) is 13.5 Å². The molecule has 28 heavy (non-hydrogen) atoms. The number of aliphatic imine (C=N–C) groups is 1. The van der Waals surface area contributed by atoms with Gasteiger partial charge in [0.1, 0.15) is 5.75 Å². The van der Waals surface area contributed by atoms with E-state index in [1.54, 1.807) is 29.3 Å². The molecule has 1 aromatic rings. The van der Waals surface area contributed by atoms with Crippen LogP contribution in [-0.2, 0) is 4.79 Å². The molecule has 1 amide bonds. The number of halogens is 2. The Morgan fingerprint density at radius 2 is 1.82 bits per heavy atom. The predicted molar refractivity (Wildman–Crippen MR) is 106 cm³/mol. The average Bonchev–Trinajstić information content (AvgIpc) is 2.69. The van der Waals surface area contributed by atoms with E-state index in [0.29, 0.717) is 43.4 Å². The van der Waals surface area contributed by atoms with E-state index in [0.717, 1.165) is 0 Å². The van der Waals surface area contributed by atoms with Crippen molar-refractivity contribution in [2.24, 2.45) is 4.99 Å². The van der Waals surface area contributed by atoms with Crippen LogP contribution in [0.15, 0.2) is 66.5 Å². The Morgan fingerprint density at radius 1 is 1.21 bits per heavy atom. The molecule has 8 heteroatoms. The van der Waals surface area contributed by atoms with Crippen LogP contribution < -0.4 is 10.1 Å². The van der Waals surface area contributed by atoms with E-state index < -0.39 is 6.61 Å². The second-order valence-electron chi connectivity index (χ2n) is 5.96. The molecule has 1 aliphatic rings. The van der Waals surface area contributed by atoms with Crippen molar-refractivity contribution in [1.29, 1.82) is 0 Å². The van der Waals surface area contributed by atoms with Gasteiger partial charge in [0.2, 0.25) is 5.91 Å². The van der Waals surface area contributed by atoms with E-state index >= 15 is 0 Å². The average molecular weight is 390 g/mol. The molecular formula is C20H24F2N4O2. The molecule has 1 heterocycles. The van der Waals surface area contributed by atoms with Gasteiger partial charge in [0.05, 0.1) is 5.70 Å². The van der Waals surface area contributed by atoms with Crippen LogP contribution in [0.2, 0.25) is 0 Å². The second kappa shape index (κ2) is 10.2. The highest BCUT2D eigenvalue weighted by Crippen LogP contribution is 2.19. The van der Waals surface area contributed by atoms with Crippen LogP contribution in [0.3, 0.4) is 0 Å². The summed E-state index contributed by atoms with van der Waals surface area (Å²) in [5, 5.41) is 3.13. The molecule has 0 saturated carbocycles. The molecule has 0 aliphatic carbocycles. The van der Waals surface area contributed by atoms with Gasteiger partial charge in [-0.15, -0.1) is 0 Å². The number of ether oxygens (including phenoxy) is 1. The molecule has 0 bridgehead atoms. The van der Waals surface area contributed by atoms with Crippen molar-refractivity contribution in [2.75, 3.05) is 31.5 Å². The van der Waals surface area contributed by atoms with Crippen molar-refractivity contribution in [3.63, 3.8) is 0 Å². The Bertz CT molecular complexity index is 752. The van der Waals surface area contributed by atoms with Gasteiger partial charge < -0.3 is 19.9 Å². The third kappa shape index (κ3) is 5.94.